The third-order valence-corrected chi connectivity index (χ3v) is 3.42. The second-order valence-corrected chi connectivity index (χ2v) is 5.32. The Labute approximate surface area is 148 Å². The Bertz CT molecular complexity index is 1020. The van der Waals surface area contributed by atoms with Crippen LogP contribution in [0, 0.1) is 18.3 Å². The highest BCUT2D eigenvalue weighted by Gasteiger charge is 2.14. The van der Waals surface area contributed by atoms with Crippen LogP contribution in [0.5, 0.6) is 0 Å². The van der Waals surface area contributed by atoms with E-state index in [1.807, 2.05) is 6.07 Å². The predicted molar refractivity (Wildman–Crippen MR) is 92.5 cm³/mol. The maximum atomic E-state index is 12.4. The summed E-state index contributed by atoms with van der Waals surface area (Å²) in [5, 5.41) is 17.9. The zero-order valence-corrected chi connectivity index (χ0v) is 13.7. The Morgan fingerprint density at radius 2 is 1.92 bits per heavy atom. The molecule has 3 rings (SSSR count). The third kappa shape index (κ3) is 3.73. The molecule has 0 unspecified atom stereocenters. The maximum absolute atomic E-state index is 12.4. The third-order valence-electron chi connectivity index (χ3n) is 3.42. The molecular weight excluding hydrogens is 334 g/mol. The van der Waals surface area contributed by atoms with Crippen molar-refractivity contribution in [2.24, 2.45) is 0 Å². The molecule has 3 aromatic rings. The van der Waals surface area contributed by atoms with Gasteiger partial charge in [0.05, 0.1) is 11.3 Å². The Balaban J connectivity index is 1.77. The number of anilines is 2. The summed E-state index contributed by atoms with van der Waals surface area (Å²) in [4.78, 5) is 28.6. The summed E-state index contributed by atoms with van der Waals surface area (Å²) >= 11 is 0. The van der Waals surface area contributed by atoms with Crippen molar-refractivity contribution in [3.8, 4) is 6.07 Å². The van der Waals surface area contributed by atoms with Crippen molar-refractivity contribution in [3.05, 3.63) is 71.2 Å². The molecule has 0 aliphatic rings. The zero-order valence-electron chi connectivity index (χ0n) is 13.7. The number of aryl methyl sites for hydroxylation is 1. The van der Waals surface area contributed by atoms with Crippen LogP contribution in [0.2, 0.25) is 0 Å². The lowest BCUT2D eigenvalue weighted by molar-refractivity contribution is 0.102. The number of aromatic nitrogens is 2. The Hall–Kier alpha value is -3.99. The summed E-state index contributed by atoms with van der Waals surface area (Å²) in [6, 6.07) is 13.0. The van der Waals surface area contributed by atoms with Gasteiger partial charge in [-0.2, -0.15) is 5.26 Å². The summed E-state index contributed by atoms with van der Waals surface area (Å²) in [7, 11) is 0. The lowest BCUT2D eigenvalue weighted by Crippen LogP contribution is -2.17. The van der Waals surface area contributed by atoms with Gasteiger partial charge in [0.1, 0.15) is 17.5 Å². The number of nitrogens with one attached hydrogen (secondary N) is 2. The number of para-hydroxylation sites is 1. The molecule has 0 saturated carbocycles. The molecule has 2 aromatic heterocycles. The van der Waals surface area contributed by atoms with Gasteiger partial charge in [0, 0.05) is 17.8 Å². The van der Waals surface area contributed by atoms with Crippen LogP contribution in [0.15, 0.2) is 53.2 Å². The van der Waals surface area contributed by atoms with Crippen LogP contribution in [0.3, 0.4) is 0 Å². The van der Waals surface area contributed by atoms with Crippen LogP contribution in [0.25, 0.3) is 0 Å². The van der Waals surface area contributed by atoms with Crippen LogP contribution < -0.4 is 10.6 Å². The number of rotatable bonds is 4. The molecule has 0 aliphatic carbocycles. The Morgan fingerprint density at radius 1 is 1.12 bits per heavy atom. The minimum atomic E-state index is -0.528. The average Bonchev–Trinajstić information content (AvgIpc) is 3.07. The molecule has 8 nitrogen and oxygen atoms in total. The second kappa shape index (κ2) is 7.27. The standard InChI is InChI=1S/C18H13N5O3/c1-11-8-16(23-26-11)22-17(24)12-6-7-20-15(9-12)18(25)21-14-5-3-2-4-13(14)10-19/h2-9H,1H3,(H,21,25)(H,22,23,24). The van der Waals surface area contributed by atoms with E-state index < -0.39 is 11.8 Å². The van der Waals surface area contributed by atoms with Crippen molar-refractivity contribution in [3.63, 3.8) is 0 Å². The quantitative estimate of drug-likeness (QED) is 0.748. The van der Waals surface area contributed by atoms with Crippen molar-refractivity contribution >= 4 is 23.3 Å². The molecular formula is C18H13N5O3. The normalized spacial score (nSPS) is 10.0. The number of nitrogens with zero attached hydrogens (tertiary/aromatic N) is 3. The summed E-state index contributed by atoms with van der Waals surface area (Å²) in [5.74, 6) is -0.142. The van der Waals surface area contributed by atoms with Crippen LogP contribution in [-0.2, 0) is 0 Å². The molecule has 2 N–H and O–H groups in total. The molecule has 8 heteroatoms. The van der Waals surface area contributed by atoms with Gasteiger partial charge in [-0.1, -0.05) is 17.3 Å². The summed E-state index contributed by atoms with van der Waals surface area (Å²) < 4.78 is 4.88. The zero-order chi connectivity index (χ0) is 18.5. The number of carbonyl (C=O) groups is 2. The van der Waals surface area contributed by atoms with E-state index in [0.29, 0.717) is 17.0 Å². The van der Waals surface area contributed by atoms with Gasteiger partial charge in [0.2, 0.25) is 0 Å². The van der Waals surface area contributed by atoms with Crippen LogP contribution in [-0.4, -0.2) is 22.0 Å². The van der Waals surface area contributed by atoms with Crippen LogP contribution >= 0.6 is 0 Å². The smallest absolute Gasteiger partial charge is 0.274 e. The fourth-order valence-electron chi connectivity index (χ4n) is 2.19. The fourth-order valence-corrected chi connectivity index (χ4v) is 2.19. The van der Waals surface area contributed by atoms with Gasteiger partial charge in [-0.25, -0.2) is 0 Å². The van der Waals surface area contributed by atoms with Gasteiger partial charge in [-0.3, -0.25) is 14.6 Å². The topological polar surface area (TPSA) is 121 Å². The summed E-state index contributed by atoms with van der Waals surface area (Å²) in [6.45, 7) is 1.70. The molecule has 2 amide bonds. The van der Waals surface area contributed by atoms with E-state index in [1.54, 1.807) is 37.3 Å². The van der Waals surface area contributed by atoms with E-state index in [1.165, 1.54) is 18.3 Å². The molecule has 26 heavy (non-hydrogen) atoms. The average molecular weight is 347 g/mol. The minimum absolute atomic E-state index is 0.0433. The predicted octanol–water partition coefficient (Wildman–Crippen LogP) is 2.75. The van der Waals surface area contributed by atoms with E-state index >= 15 is 0 Å². The van der Waals surface area contributed by atoms with Crippen molar-refractivity contribution in [2.45, 2.75) is 6.92 Å². The van der Waals surface area contributed by atoms with Gasteiger partial charge in [-0.15, -0.1) is 0 Å². The fraction of sp³-hybridized carbons (Fsp3) is 0.0556. The maximum Gasteiger partial charge on any atom is 0.274 e. The van der Waals surface area contributed by atoms with Gasteiger partial charge >= 0.3 is 0 Å². The van der Waals surface area contributed by atoms with Crippen molar-refractivity contribution < 1.29 is 14.1 Å². The first kappa shape index (κ1) is 16.9. The molecule has 1 aromatic carbocycles. The highest BCUT2D eigenvalue weighted by atomic mass is 16.5. The summed E-state index contributed by atoms with van der Waals surface area (Å²) in [5.41, 5.74) is 0.979. The van der Waals surface area contributed by atoms with Crippen LogP contribution in [0.1, 0.15) is 32.2 Å². The largest absolute Gasteiger partial charge is 0.360 e. The van der Waals surface area contributed by atoms with Gasteiger partial charge in [-0.05, 0) is 31.2 Å². The Morgan fingerprint density at radius 3 is 2.65 bits per heavy atom. The number of nitriles is 1. The van der Waals surface area contributed by atoms with Gasteiger partial charge in [0.15, 0.2) is 5.82 Å². The molecule has 0 fully saturated rings. The lowest BCUT2D eigenvalue weighted by Gasteiger charge is -2.07. The molecule has 0 bridgehead atoms. The first-order valence-corrected chi connectivity index (χ1v) is 7.58. The molecule has 0 spiro atoms. The Kier molecular flexibility index (Phi) is 4.71. The molecule has 128 valence electrons. The highest BCUT2D eigenvalue weighted by molar-refractivity contribution is 6.07. The number of carbonyl (C=O) groups excluding carboxylic acids is 2. The number of benzene rings is 1. The van der Waals surface area contributed by atoms with Crippen LogP contribution in [0.4, 0.5) is 11.5 Å². The minimum Gasteiger partial charge on any atom is -0.360 e. The molecule has 0 atom stereocenters. The van der Waals surface area contributed by atoms with Gasteiger partial charge in [0.25, 0.3) is 11.8 Å². The number of pyridine rings is 1. The molecule has 0 aliphatic heterocycles. The highest BCUT2D eigenvalue weighted by Crippen LogP contribution is 2.15. The van der Waals surface area contributed by atoms with Crippen molar-refractivity contribution in [2.75, 3.05) is 10.6 Å². The lowest BCUT2D eigenvalue weighted by atomic mass is 10.1. The number of amides is 2. The van der Waals surface area contributed by atoms with E-state index in [2.05, 4.69) is 20.8 Å². The van der Waals surface area contributed by atoms with Crippen molar-refractivity contribution in [1.29, 1.82) is 5.26 Å². The van der Waals surface area contributed by atoms with E-state index in [-0.39, 0.29) is 17.1 Å². The van der Waals surface area contributed by atoms with E-state index in [0.717, 1.165) is 0 Å². The monoisotopic (exact) mass is 347 g/mol. The first-order valence-electron chi connectivity index (χ1n) is 7.58. The van der Waals surface area contributed by atoms with Crippen molar-refractivity contribution in [1.82, 2.24) is 10.1 Å². The molecule has 2 heterocycles. The number of hydrogen-bond donors (Lipinski definition) is 2. The molecule has 0 radical (unpaired) electrons. The summed E-state index contributed by atoms with van der Waals surface area (Å²) in [6.07, 6.45) is 1.36. The van der Waals surface area contributed by atoms with Gasteiger partial charge < -0.3 is 15.2 Å². The van der Waals surface area contributed by atoms with E-state index in [9.17, 15) is 9.59 Å². The first-order chi connectivity index (χ1) is 12.6. The second-order valence-electron chi connectivity index (χ2n) is 5.32. The van der Waals surface area contributed by atoms with E-state index in [4.69, 9.17) is 9.78 Å². The SMILES string of the molecule is Cc1cc(NC(=O)c2ccnc(C(=O)Nc3ccccc3C#N)c2)no1. The molecule has 0 saturated heterocycles. The number of hydrogen-bond acceptors (Lipinski definition) is 6.